The van der Waals surface area contributed by atoms with E-state index in [1.165, 1.54) is 31.4 Å². The van der Waals surface area contributed by atoms with Crippen molar-refractivity contribution in [2.75, 3.05) is 40.6 Å². The van der Waals surface area contributed by atoms with Crippen LogP contribution in [0.3, 0.4) is 0 Å². The van der Waals surface area contributed by atoms with Crippen molar-refractivity contribution in [3.8, 4) is 80.5 Å². The zero-order chi connectivity index (χ0) is 59.4. The molecule has 0 radical (unpaired) electrons. The fraction of sp³-hybridized carbons (Fsp3) is 0.262. The molecule has 434 valence electrons. The van der Waals surface area contributed by atoms with E-state index in [9.17, 15) is 61.3 Å². The van der Waals surface area contributed by atoms with Gasteiger partial charge in [-0.25, -0.2) is 0 Å². The second-order valence-corrected chi connectivity index (χ2v) is 20.6. The molecule has 18 heteroatoms. The highest BCUT2D eigenvalue weighted by atomic mass is 16.5. The smallest absolute Gasteiger partial charge is 0.160 e. The Morgan fingerprint density at radius 2 is 0.783 bits per heavy atom. The first kappa shape index (κ1) is 58.5. The Hall–Kier alpha value is -9.20. The fourth-order valence-corrected chi connectivity index (χ4v) is 10.7. The van der Waals surface area contributed by atoms with Crippen LogP contribution in [0.1, 0.15) is 109 Å². The number of aliphatic hydroxyl groups is 4. The molecule has 8 aromatic carbocycles. The van der Waals surface area contributed by atoms with Crippen molar-refractivity contribution in [1.29, 1.82) is 0 Å². The number of aliphatic hydroxyl groups excluding tert-OH is 4. The monoisotopic (exact) mass is 1130 g/mol. The van der Waals surface area contributed by atoms with E-state index in [1.54, 1.807) is 113 Å². The first-order valence-corrected chi connectivity index (χ1v) is 26.6. The van der Waals surface area contributed by atoms with Crippen molar-refractivity contribution < 1.29 is 89.7 Å². The van der Waals surface area contributed by atoms with E-state index in [1.807, 2.05) is 30.3 Å². The lowest BCUT2D eigenvalue weighted by Crippen LogP contribution is -2.24. The number of hydrogen-bond donors (Lipinski definition) is 12. The van der Waals surface area contributed by atoms with Crippen LogP contribution in [0.5, 0.6) is 80.5 Å². The zero-order valence-corrected chi connectivity index (χ0v) is 46.0. The average molecular weight is 1140 g/mol. The van der Waals surface area contributed by atoms with Crippen LogP contribution in [0.25, 0.3) is 0 Å². The van der Waals surface area contributed by atoms with Crippen molar-refractivity contribution in [3.05, 3.63) is 201 Å². The van der Waals surface area contributed by atoms with Gasteiger partial charge in [-0.15, -0.1) is 0 Å². The van der Waals surface area contributed by atoms with E-state index in [-0.39, 0.29) is 94.2 Å². The molecule has 0 saturated heterocycles. The Balaban J connectivity index is 0.000000133. The molecule has 0 spiro atoms. The van der Waals surface area contributed by atoms with Gasteiger partial charge in [0.1, 0.15) is 69.0 Å². The van der Waals surface area contributed by atoms with Crippen LogP contribution in [0.4, 0.5) is 0 Å². The zero-order valence-electron chi connectivity index (χ0n) is 46.0. The Morgan fingerprint density at radius 3 is 1.25 bits per heavy atom. The van der Waals surface area contributed by atoms with Gasteiger partial charge >= 0.3 is 0 Å². The molecule has 0 bridgehead atoms. The second kappa shape index (κ2) is 24.9. The maximum Gasteiger partial charge on any atom is 0.160 e. The molecule has 8 aromatic rings. The molecule has 0 aliphatic carbocycles. The molecule has 12 N–H and O–H groups in total. The average Bonchev–Trinajstić information content (AvgIpc) is 3.65. The molecule has 4 heterocycles. The molecular formula is C65H66O18. The largest absolute Gasteiger partial charge is 0.508 e. The third-order valence-corrected chi connectivity index (χ3v) is 15.5. The van der Waals surface area contributed by atoms with Crippen molar-refractivity contribution in [2.24, 2.45) is 0 Å². The Bertz CT molecular complexity index is 3590. The number of hydrogen-bond acceptors (Lipinski definition) is 18. The number of ether oxygens (including phenoxy) is 6. The summed E-state index contributed by atoms with van der Waals surface area (Å²) in [5, 5.41) is 119. The Kier molecular flexibility index (Phi) is 17.5. The molecule has 0 aromatic heterocycles. The third-order valence-electron chi connectivity index (χ3n) is 15.5. The third kappa shape index (κ3) is 12.2. The van der Waals surface area contributed by atoms with Crippen LogP contribution >= 0.6 is 0 Å². The predicted molar refractivity (Wildman–Crippen MR) is 305 cm³/mol. The van der Waals surface area contributed by atoms with E-state index in [0.717, 1.165) is 33.6 Å². The van der Waals surface area contributed by atoms with Gasteiger partial charge < -0.3 is 89.7 Å². The lowest BCUT2D eigenvalue weighted by atomic mass is 9.86. The van der Waals surface area contributed by atoms with Crippen LogP contribution < -0.4 is 28.4 Å². The Morgan fingerprint density at radius 1 is 0.361 bits per heavy atom. The van der Waals surface area contributed by atoms with Crippen LogP contribution in [0.15, 0.2) is 140 Å². The van der Waals surface area contributed by atoms with Gasteiger partial charge in [0.15, 0.2) is 11.5 Å². The van der Waals surface area contributed by atoms with E-state index in [0.29, 0.717) is 64.0 Å². The van der Waals surface area contributed by atoms with Crippen LogP contribution in [0, 0.1) is 20.8 Å². The maximum atomic E-state index is 10.7. The molecule has 8 atom stereocenters. The first-order valence-electron chi connectivity index (χ1n) is 26.6. The number of benzene rings is 8. The van der Waals surface area contributed by atoms with Gasteiger partial charge in [0, 0.05) is 69.2 Å². The molecule has 12 rings (SSSR count). The van der Waals surface area contributed by atoms with Crippen LogP contribution in [-0.4, -0.2) is 102 Å². The van der Waals surface area contributed by atoms with Gasteiger partial charge in [-0.1, -0.05) is 42.5 Å². The molecule has 83 heavy (non-hydrogen) atoms. The molecule has 4 aliphatic heterocycles. The number of methoxy groups -OCH3 is 2. The summed E-state index contributed by atoms with van der Waals surface area (Å²) in [6.07, 6.45) is -3.07. The highest BCUT2D eigenvalue weighted by Crippen LogP contribution is 2.49. The van der Waals surface area contributed by atoms with Crippen molar-refractivity contribution in [3.63, 3.8) is 0 Å². The summed E-state index contributed by atoms with van der Waals surface area (Å²) in [6, 6.07) is 38.2. The highest BCUT2D eigenvalue weighted by molar-refractivity contribution is 5.56. The van der Waals surface area contributed by atoms with E-state index < -0.39 is 24.4 Å². The quantitative estimate of drug-likeness (QED) is 0.0737. The molecule has 4 aliphatic rings. The summed E-state index contributed by atoms with van der Waals surface area (Å²) in [4.78, 5) is 0. The summed E-state index contributed by atoms with van der Waals surface area (Å²) in [5.74, 6) is 2.66. The Labute approximate surface area is 478 Å². The molecule has 0 saturated carbocycles. The van der Waals surface area contributed by atoms with Crippen LogP contribution in [-0.2, 0) is 0 Å². The molecular weight excluding hydrogens is 1070 g/mol. The van der Waals surface area contributed by atoms with Gasteiger partial charge in [-0.2, -0.15) is 0 Å². The van der Waals surface area contributed by atoms with Crippen molar-refractivity contribution in [1.82, 2.24) is 0 Å². The van der Waals surface area contributed by atoms with E-state index in [4.69, 9.17) is 28.4 Å². The minimum atomic E-state index is -0.941. The van der Waals surface area contributed by atoms with Crippen LogP contribution in [0.2, 0.25) is 0 Å². The van der Waals surface area contributed by atoms with Gasteiger partial charge in [0.05, 0.1) is 70.6 Å². The second-order valence-electron chi connectivity index (χ2n) is 20.6. The number of phenolic OH excluding ortho intramolecular Hbond substituents is 8. The normalized spacial score (nSPS) is 20.7. The van der Waals surface area contributed by atoms with Gasteiger partial charge in [-0.05, 0) is 128 Å². The lowest BCUT2D eigenvalue weighted by molar-refractivity contribution is 0.0857. The lowest BCUT2D eigenvalue weighted by Gasteiger charge is -2.32. The number of phenols is 8. The number of aromatic hydroxyl groups is 8. The topological polar surface area (TPSA) is 298 Å². The molecule has 8 unspecified atom stereocenters. The summed E-state index contributed by atoms with van der Waals surface area (Å²) < 4.78 is 33.0. The minimum absolute atomic E-state index is 0.0543. The molecule has 0 fully saturated rings. The van der Waals surface area contributed by atoms with Gasteiger partial charge in [0.2, 0.25) is 0 Å². The summed E-state index contributed by atoms with van der Waals surface area (Å²) >= 11 is 0. The predicted octanol–water partition coefficient (Wildman–Crippen LogP) is 10.2. The summed E-state index contributed by atoms with van der Waals surface area (Å²) in [7, 11) is 3.10. The van der Waals surface area contributed by atoms with Gasteiger partial charge in [0.25, 0.3) is 0 Å². The fourth-order valence-electron chi connectivity index (χ4n) is 10.7. The maximum absolute atomic E-state index is 10.7. The van der Waals surface area contributed by atoms with E-state index >= 15 is 0 Å². The number of fused-ring (bicyclic) bond motifs is 4. The summed E-state index contributed by atoms with van der Waals surface area (Å²) in [5.41, 5.74) is 7.68. The minimum Gasteiger partial charge on any atom is -0.508 e. The summed E-state index contributed by atoms with van der Waals surface area (Å²) in [6.45, 7) is 6.50. The molecule has 0 amide bonds. The first-order chi connectivity index (χ1) is 39.8. The SMILES string of the molecule is COc1cc(C2COc3c(ccc(O)c3C)C2O)ccc1O.COc1ccc(C2COc3c(ccc(O)c3C)C2O)cc1.Cc1c(O)ccc2c1OCC(c1cccc(O)c1)C2O.Oc1ccc(C2COc3cc(O)cc(O)c3C2O)cc1. The van der Waals surface area contributed by atoms with Crippen molar-refractivity contribution in [2.45, 2.75) is 68.9 Å². The van der Waals surface area contributed by atoms with E-state index in [2.05, 4.69) is 0 Å². The number of rotatable bonds is 6. The highest BCUT2D eigenvalue weighted by Gasteiger charge is 2.36. The van der Waals surface area contributed by atoms with Gasteiger partial charge in [-0.3, -0.25) is 0 Å². The van der Waals surface area contributed by atoms with Crippen molar-refractivity contribution >= 4 is 0 Å². The molecule has 18 nitrogen and oxygen atoms in total. The standard InChI is InChI=1S/C17H18O5.C17H18O4.C16H16O4.C15H14O5/c1-9-13(18)6-4-11-16(20)12(8-22-17(9)11)10-3-5-14(19)15(7-10)21-2;1-10-15(18)8-7-13-16(19)14(9-21-17(10)13)11-3-5-12(20-2)6-4-11;1-9-14(18)6-5-12-15(19)13(8-20-16(9)12)10-3-2-4-11(17)7-10;16-9-3-1-8(2-4-9)11-7-20-13-6-10(17)5-12(18)14(13)15(11)19/h3-7,12,16,18-20H,8H2,1-2H3;3-8,14,16,18-19H,9H2,1-2H3;2-7,13,15,17-19H,8H2,1H3;1-6,11,15-19H,7H2.